The van der Waals surface area contributed by atoms with Crippen molar-refractivity contribution >= 4 is 23.8 Å². The number of imide groups is 1. The van der Waals surface area contributed by atoms with Gasteiger partial charge in [-0.25, -0.2) is 4.79 Å². The highest BCUT2D eigenvalue weighted by atomic mass is 16.7. The van der Waals surface area contributed by atoms with Crippen molar-refractivity contribution < 1.29 is 33.9 Å². The molecule has 1 rings (SSSR count). The van der Waals surface area contributed by atoms with Crippen LogP contribution in [0.15, 0.2) is 0 Å². The van der Waals surface area contributed by atoms with Gasteiger partial charge in [-0.15, -0.1) is 5.06 Å². The number of hydrogen-bond acceptors (Lipinski definition) is 6. The molecule has 0 unspecified atom stereocenters. The number of hydroxylamine groups is 2. The number of aliphatic carboxylic acids is 1. The summed E-state index contributed by atoms with van der Waals surface area (Å²) < 4.78 is 4.25. The van der Waals surface area contributed by atoms with E-state index in [1.165, 1.54) is 0 Å². The molecule has 0 aromatic rings. The smallest absolute Gasteiger partial charge is 0.333 e. The number of carbonyl (C=O) groups excluding carboxylic acids is 3. The van der Waals surface area contributed by atoms with Gasteiger partial charge in [-0.05, 0) is 0 Å². The maximum atomic E-state index is 11.0. The molecule has 1 fully saturated rings. The summed E-state index contributed by atoms with van der Waals surface area (Å²) in [4.78, 5) is 47.4. The number of carboxylic acid groups (broad SMARTS) is 1. The highest BCUT2D eigenvalue weighted by Crippen LogP contribution is 2.12. The Morgan fingerprint density at radius 3 is 2.00 bits per heavy atom. The second-order valence-corrected chi connectivity index (χ2v) is 3.35. The summed E-state index contributed by atoms with van der Waals surface area (Å²) in [6, 6.07) is 0. The summed E-state index contributed by atoms with van der Waals surface area (Å²) in [7, 11) is 3.25. The van der Waals surface area contributed by atoms with Gasteiger partial charge in [0.05, 0.1) is 12.8 Å². The molecule has 2 amide bonds. The Morgan fingerprint density at radius 1 is 1.17 bits per heavy atom. The third-order valence-electron chi connectivity index (χ3n) is 1.74. The summed E-state index contributed by atoms with van der Waals surface area (Å²) in [5.74, 6) is -3.21. The van der Waals surface area contributed by atoms with Crippen molar-refractivity contribution in [2.75, 3.05) is 14.2 Å². The molecule has 18 heavy (non-hydrogen) atoms. The number of hydrogen-bond donors (Lipinski definition) is 1. The number of rotatable bonds is 4. The van der Waals surface area contributed by atoms with E-state index in [1.807, 2.05) is 0 Å². The van der Waals surface area contributed by atoms with Crippen LogP contribution in [0.4, 0.5) is 0 Å². The Hall–Kier alpha value is -1.96. The molecule has 1 N–H and O–H groups in total. The average molecular weight is 261 g/mol. The number of carbonyl (C=O) groups is 4. The van der Waals surface area contributed by atoms with Crippen LogP contribution in [0, 0.1) is 0 Å². The van der Waals surface area contributed by atoms with Crippen molar-refractivity contribution in [2.45, 2.75) is 25.7 Å². The number of nitrogens with zero attached hydrogens (tertiary/aromatic N) is 1. The van der Waals surface area contributed by atoms with Crippen LogP contribution in [-0.2, 0) is 28.8 Å². The van der Waals surface area contributed by atoms with Gasteiger partial charge < -0.3 is 14.7 Å². The minimum atomic E-state index is -1.15. The SMILES string of the molecule is COC.O=C(O)CCC(=O)ON1C(=O)CCC1=O. The van der Waals surface area contributed by atoms with Crippen molar-refractivity contribution in [1.82, 2.24) is 5.06 Å². The number of amides is 2. The minimum absolute atomic E-state index is 0.0189. The van der Waals surface area contributed by atoms with Gasteiger partial charge in [-0.3, -0.25) is 14.4 Å². The predicted molar refractivity (Wildman–Crippen MR) is 57.0 cm³/mol. The standard InChI is InChI=1S/C8H9NO6.C2H6O/c10-5-1-2-6(11)9(5)15-8(14)4-3-7(12)13;1-3-2/h1-4H2,(H,12,13);1-2H3. The molecular weight excluding hydrogens is 246 g/mol. The zero-order valence-corrected chi connectivity index (χ0v) is 10.2. The van der Waals surface area contributed by atoms with Crippen LogP contribution >= 0.6 is 0 Å². The fraction of sp³-hybridized carbons (Fsp3) is 0.600. The summed E-state index contributed by atoms with van der Waals surface area (Å²) in [6.07, 6.45) is -0.725. The van der Waals surface area contributed by atoms with E-state index in [1.54, 1.807) is 14.2 Å². The van der Waals surface area contributed by atoms with Gasteiger partial charge in [0.15, 0.2) is 0 Å². The third-order valence-corrected chi connectivity index (χ3v) is 1.74. The fourth-order valence-corrected chi connectivity index (χ4v) is 1.01. The Balaban J connectivity index is 0.000000873. The molecule has 8 heteroatoms. The van der Waals surface area contributed by atoms with Gasteiger partial charge in [0.2, 0.25) is 0 Å². The Labute approximate surface area is 103 Å². The van der Waals surface area contributed by atoms with Crippen LogP contribution in [-0.4, -0.2) is 48.1 Å². The first-order valence-corrected chi connectivity index (χ1v) is 5.10. The van der Waals surface area contributed by atoms with Crippen LogP contribution in [0.25, 0.3) is 0 Å². The van der Waals surface area contributed by atoms with Crippen molar-refractivity contribution in [1.29, 1.82) is 0 Å². The lowest BCUT2D eigenvalue weighted by atomic mass is 10.3. The van der Waals surface area contributed by atoms with Crippen LogP contribution in [0.2, 0.25) is 0 Å². The lowest BCUT2D eigenvalue weighted by Gasteiger charge is -2.11. The summed E-state index contributed by atoms with van der Waals surface area (Å²) in [5.41, 5.74) is 0. The van der Waals surface area contributed by atoms with Crippen molar-refractivity contribution in [3.63, 3.8) is 0 Å². The van der Waals surface area contributed by atoms with Crippen LogP contribution < -0.4 is 0 Å². The third kappa shape index (κ3) is 5.94. The maximum Gasteiger partial charge on any atom is 0.333 e. The van der Waals surface area contributed by atoms with Crippen LogP contribution in [0.5, 0.6) is 0 Å². The molecule has 1 heterocycles. The van der Waals surface area contributed by atoms with E-state index in [0.29, 0.717) is 5.06 Å². The highest BCUT2D eigenvalue weighted by Gasteiger charge is 2.32. The van der Waals surface area contributed by atoms with Gasteiger partial charge in [0, 0.05) is 27.1 Å². The molecular formula is C10H15NO7. The average Bonchev–Trinajstić information content (AvgIpc) is 2.59. The van der Waals surface area contributed by atoms with Crippen molar-refractivity contribution in [3.8, 4) is 0 Å². The Bertz CT molecular complexity index is 323. The Morgan fingerprint density at radius 2 is 1.61 bits per heavy atom. The lowest BCUT2D eigenvalue weighted by Crippen LogP contribution is -2.32. The van der Waals surface area contributed by atoms with Gasteiger partial charge >= 0.3 is 11.9 Å². The molecule has 1 aliphatic rings. The van der Waals surface area contributed by atoms with Crippen molar-refractivity contribution in [3.05, 3.63) is 0 Å². The molecule has 1 saturated heterocycles. The topological polar surface area (TPSA) is 110 Å². The first kappa shape index (κ1) is 16.0. The second kappa shape index (κ2) is 8.18. The normalized spacial score (nSPS) is 14.0. The van der Waals surface area contributed by atoms with Gasteiger partial charge in [0.25, 0.3) is 11.8 Å². The molecule has 0 aromatic carbocycles. The quantitative estimate of drug-likeness (QED) is 0.693. The van der Waals surface area contributed by atoms with E-state index >= 15 is 0 Å². The fourth-order valence-electron chi connectivity index (χ4n) is 1.01. The van der Waals surface area contributed by atoms with Gasteiger partial charge in [-0.2, -0.15) is 0 Å². The molecule has 102 valence electrons. The molecule has 0 spiro atoms. The molecule has 0 atom stereocenters. The number of ether oxygens (including phenoxy) is 1. The zero-order chi connectivity index (χ0) is 14.1. The second-order valence-electron chi connectivity index (χ2n) is 3.35. The molecule has 0 aromatic heterocycles. The number of carboxylic acids is 1. The largest absolute Gasteiger partial charge is 0.481 e. The zero-order valence-electron chi connectivity index (χ0n) is 10.2. The van der Waals surface area contributed by atoms with Crippen LogP contribution in [0.1, 0.15) is 25.7 Å². The predicted octanol–water partition coefficient (Wildman–Crippen LogP) is -0.279. The summed E-state index contributed by atoms with van der Waals surface area (Å²) in [5, 5.41) is 8.66. The lowest BCUT2D eigenvalue weighted by molar-refractivity contribution is -0.197. The Kier molecular flexibility index (Phi) is 7.29. The molecule has 0 radical (unpaired) electrons. The summed E-state index contributed by atoms with van der Waals surface area (Å²) in [6.45, 7) is 0. The van der Waals surface area contributed by atoms with E-state index in [9.17, 15) is 19.2 Å². The molecule has 0 saturated carbocycles. The molecule has 0 aliphatic carbocycles. The van der Waals surface area contributed by atoms with E-state index in [0.717, 1.165) is 0 Å². The van der Waals surface area contributed by atoms with E-state index < -0.39 is 30.2 Å². The molecule has 0 bridgehead atoms. The van der Waals surface area contributed by atoms with Gasteiger partial charge in [-0.1, -0.05) is 0 Å². The molecule has 1 aliphatic heterocycles. The number of methoxy groups -OCH3 is 1. The molecule has 8 nitrogen and oxygen atoms in total. The maximum absolute atomic E-state index is 11.0. The summed E-state index contributed by atoms with van der Waals surface area (Å²) >= 11 is 0. The first-order valence-electron chi connectivity index (χ1n) is 5.10. The highest BCUT2D eigenvalue weighted by molar-refractivity contribution is 6.01. The monoisotopic (exact) mass is 261 g/mol. The van der Waals surface area contributed by atoms with E-state index in [2.05, 4.69) is 9.57 Å². The van der Waals surface area contributed by atoms with Gasteiger partial charge in [0.1, 0.15) is 0 Å². The van der Waals surface area contributed by atoms with Crippen LogP contribution in [0.3, 0.4) is 0 Å². The first-order chi connectivity index (χ1) is 8.42. The minimum Gasteiger partial charge on any atom is -0.481 e. The van der Waals surface area contributed by atoms with Crippen molar-refractivity contribution in [2.24, 2.45) is 0 Å². The van der Waals surface area contributed by atoms with E-state index in [-0.39, 0.29) is 19.3 Å². The van der Waals surface area contributed by atoms with E-state index in [4.69, 9.17) is 5.11 Å².